The quantitative estimate of drug-likeness (QED) is 0.394. The minimum atomic E-state index is -1.41. The zero-order valence-corrected chi connectivity index (χ0v) is 16.5. The van der Waals surface area contributed by atoms with Gasteiger partial charge in [0.2, 0.25) is 5.71 Å². The molecule has 0 atom stereocenters. The van der Waals surface area contributed by atoms with Crippen LogP contribution in [0.4, 0.5) is 0 Å². The maximum atomic E-state index is 9.00. The van der Waals surface area contributed by atoms with E-state index in [2.05, 4.69) is 16.9 Å². The summed E-state index contributed by atoms with van der Waals surface area (Å²) in [5.74, 6) is 0. The van der Waals surface area contributed by atoms with Crippen LogP contribution in [0.2, 0.25) is 0 Å². The summed E-state index contributed by atoms with van der Waals surface area (Å²) in [4.78, 5) is 9.11. The molecule has 3 heterocycles. The molecule has 0 amide bonds. The molecule has 3 nitrogen and oxygen atoms in total. The standard InChI is InChI=1S/C25H26N2O/c1-17-9-10-20-19-7-6-8-21(23(19)28-24(20)27-17)22-15-18(11-14-26-22)16-25(2)12-4-3-5-13-25/h6-11,14-15H,3-5,12-13,16H2,1-2H3/i16D2. The summed E-state index contributed by atoms with van der Waals surface area (Å²) in [6.07, 6.45) is 5.54. The highest BCUT2D eigenvalue weighted by Gasteiger charge is 2.27. The van der Waals surface area contributed by atoms with Crippen molar-refractivity contribution in [2.75, 3.05) is 0 Å². The summed E-state index contributed by atoms with van der Waals surface area (Å²) in [7, 11) is 0. The maximum absolute atomic E-state index is 9.00. The van der Waals surface area contributed by atoms with Crippen molar-refractivity contribution in [2.24, 2.45) is 5.41 Å². The van der Waals surface area contributed by atoms with Crippen LogP contribution in [0.5, 0.6) is 0 Å². The second-order valence-electron chi connectivity index (χ2n) is 8.27. The molecule has 28 heavy (non-hydrogen) atoms. The first-order valence-electron chi connectivity index (χ1n) is 11.1. The van der Waals surface area contributed by atoms with Crippen molar-refractivity contribution < 1.29 is 7.16 Å². The molecule has 1 fully saturated rings. The van der Waals surface area contributed by atoms with Gasteiger partial charge in [0, 0.05) is 31.0 Å². The molecule has 3 heteroatoms. The molecular formula is C25H26N2O. The normalized spacial score (nSPS) is 18.2. The van der Waals surface area contributed by atoms with Crippen molar-refractivity contribution in [3.63, 3.8) is 0 Å². The van der Waals surface area contributed by atoms with E-state index in [0.29, 0.717) is 11.3 Å². The van der Waals surface area contributed by atoms with Crippen LogP contribution in [0, 0.1) is 12.3 Å². The van der Waals surface area contributed by atoms with Crippen LogP contribution in [-0.4, -0.2) is 9.97 Å². The third kappa shape index (κ3) is 3.09. The van der Waals surface area contributed by atoms with Gasteiger partial charge in [-0.1, -0.05) is 38.3 Å². The van der Waals surface area contributed by atoms with Gasteiger partial charge in [-0.25, -0.2) is 4.98 Å². The molecule has 1 aromatic carbocycles. The molecule has 0 bridgehead atoms. The first-order chi connectivity index (χ1) is 14.4. The Labute approximate surface area is 168 Å². The number of pyridine rings is 2. The molecule has 0 spiro atoms. The van der Waals surface area contributed by atoms with Crippen LogP contribution in [0.25, 0.3) is 33.3 Å². The average Bonchev–Trinajstić information content (AvgIpc) is 3.12. The van der Waals surface area contributed by atoms with Crippen molar-refractivity contribution in [2.45, 2.75) is 52.3 Å². The molecule has 142 valence electrons. The molecule has 0 aliphatic heterocycles. The Balaban J connectivity index is 1.64. The molecular weight excluding hydrogens is 344 g/mol. The zero-order chi connectivity index (χ0) is 20.9. The number of nitrogens with zero attached hydrogens (tertiary/aromatic N) is 2. The van der Waals surface area contributed by atoms with Gasteiger partial charge < -0.3 is 4.42 Å². The molecule has 1 saturated carbocycles. The molecule has 4 aromatic rings. The van der Waals surface area contributed by atoms with Gasteiger partial charge in [0.15, 0.2) is 0 Å². The number of benzene rings is 1. The van der Waals surface area contributed by atoms with Crippen LogP contribution in [0.1, 0.15) is 53.0 Å². The highest BCUT2D eigenvalue weighted by molar-refractivity contribution is 6.08. The lowest BCUT2D eigenvalue weighted by Crippen LogP contribution is -2.22. The summed E-state index contributed by atoms with van der Waals surface area (Å²) >= 11 is 0. The predicted octanol–water partition coefficient (Wildman–Crippen LogP) is 6.86. The highest BCUT2D eigenvalue weighted by Crippen LogP contribution is 2.39. The number of aromatic nitrogens is 2. The van der Waals surface area contributed by atoms with Gasteiger partial charge in [0.1, 0.15) is 5.58 Å². The van der Waals surface area contributed by atoms with Gasteiger partial charge in [-0.15, -0.1) is 0 Å². The second kappa shape index (κ2) is 6.73. The van der Waals surface area contributed by atoms with Crippen LogP contribution < -0.4 is 0 Å². The Hall–Kier alpha value is -2.68. The second-order valence-corrected chi connectivity index (χ2v) is 8.27. The molecule has 0 saturated heterocycles. The fourth-order valence-corrected chi connectivity index (χ4v) is 4.43. The van der Waals surface area contributed by atoms with E-state index in [9.17, 15) is 0 Å². The minimum Gasteiger partial charge on any atom is -0.437 e. The Kier molecular flexibility index (Phi) is 3.67. The molecule has 1 aliphatic carbocycles. The topological polar surface area (TPSA) is 38.9 Å². The Morgan fingerprint density at radius 2 is 1.93 bits per heavy atom. The number of aryl methyl sites for hydroxylation is 1. The summed E-state index contributed by atoms with van der Waals surface area (Å²) in [6, 6.07) is 13.8. The number of fused-ring (bicyclic) bond motifs is 3. The first kappa shape index (κ1) is 15.3. The van der Waals surface area contributed by atoms with Gasteiger partial charge in [0.05, 0.1) is 5.69 Å². The van der Waals surface area contributed by atoms with Crippen LogP contribution in [-0.2, 0) is 6.37 Å². The number of para-hydroxylation sites is 1. The van der Waals surface area contributed by atoms with Gasteiger partial charge >= 0.3 is 0 Å². The molecule has 0 unspecified atom stereocenters. The number of furan rings is 1. The largest absolute Gasteiger partial charge is 0.437 e. The smallest absolute Gasteiger partial charge is 0.227 e. The van der Waals surface area contributed by atoms with E-state index in [1.807, 2.05) is 49.4 Å². The maximum Gasteiger partial charge on any atom is 0.227 e. The van der Waals surface area contributed by atoms with E-state index in [1.165, 1.54) is 6.42 Å². The van der Waals surface area contributed by atoms with Crippen molar-refractivity contribution in [1.82, 2.24) is 9.97 Å². The summed E-state index contributed by atoms with van der Waals surface area (Å²) in [6.45, 7) is 4.05. The van der Waals surface area contributed by atoms with Crippen molar-refractivity contribution in [1.29, 1.82) is 0 Å². The number of hydrogen-bond acceptors (Lipinski definition) is 3. The average molecular weight is 373 g/mol. The van der Waals surface area contributed by atoms with Crippen molar-refractivity contribution >= 4 is 22.1 Å². The van der Waals surface area contributed by atoms with Crippen molar-refractivity contribution in [3.05, 3.63) is 59.9 Å². The van der Waals surface area contributed by atoms with Crippen LogP contribution in [0.15, 0.2) is 53.1 Å². The molecule has 5 rings (SSSR count). The monoisotopic (exact) mass is 372 g/mol. The highest BCUT2D eigenvalue weighted by atomic mass is 16.3. The van der Waals surface area contributed by atoms with Crippen molar-refractivity contribution in [3.8, 4) is 11.3 Å². The Bertz CT molecular complexity index is 1240. The van der Waals surface area contributed by atoms with E-state index in [0.717, 1.165) is 59.0 Å². The fourth-order valence-electron chi connectivity index (χ4n) is 4.43. The third-order valence-electron chi connectivity index (χ3n) is 5.94. The SMILES string of the molecule is [2H]C([2H])(c1ccnc(-c2cccc3c2oc2nc(C)ccc23)c1)C1(C)CCCCC1. The van der Waals surface area contributed by atoms with E-state index in [1.54, 1.807) is 6.20 Å². The van der Waals surface area contributed by atoms with E-state index in [-0.39, 0.29) is 5.41 Å². The molecule has 0 radical (unpaired) electrons. The number of rotatable bonds is 3. The van der Waals surface area contributed by atoms with Crippen LogP contribution in [0.3, 0.4) is 0 Å². The molecule has 1 aliphatic rings. The van der Waals surface area contributed by atoms with Gasteiger partial charge in [-0.3, -0.25) is 4.98 Å². The molecule has 3 aromatic heterocycles. The van der Waals surface area contributed by atoms with Gasteiger partial charge in [-0.2, -0.15) is 0 Å². The summed E-state index contributed by atoms with van der Waals surface area (Å²) < 4.78 is 24.1. The van der Waals surface area contributed by atoms with Crippen LogP contribution >= 0.6 is 0 Å². The first-order valence-corrected chi connectivity index (χ1v) is 10.1. The third-order valence-corrected chi connectivity index (χ3v) is 5.94. The van der Waals surface area contributed by atoms with Gasteiger partial charge in [-0.05, 0) is 67.4 Å². The fraction of sp³-hybridized carbons (Fsp3) is 0.360. The van der Waals surface area contributed by atoms with E-state index in [4.69, 9.17) is 7.16 Å². The molecule has 0 N–H and O–H groups in total. The lowest BCUT2D eigenvalue weighted by atomic mass is 9.72. The van der Waals surface area contributed by atoms with E-state index >= 15 is 0 Å². The number of hydrogen-bond donors (Lipinski definition) is 0. The minimum absolute atomic E-state index is 0.351. The van der Waals surface area contributed by atoms with E-state index < -0.39 is 6.37 Å². The lowest BCUT2D eigenvalue weighted by Gasteiger charge is -2.33. The van der Waals surface area contributed by atoms with Gasteiger partial charge in [0.25, 0.3) is 0 Å². The predicted molar refractivity (Wildman–Crippen MR) is 114 cm³/mol. The zero-order valence-electron chi connectivity index (χ0n) is 18.5. The Morgan fingerprint density at radius 1 is 1.07 bits per heavy atom. The lowest BCUT2D eigenvalue weighted by molar-refractivity contribution is 0.215. The Morgan fingerprint density at radius 3 is 2.79 bits per heavy atom. The summed E-state index contributed by atoms with van der Waals surface area (Å²) in [5, 5.41) is 1.99. The summed E-state index contributed by atoms with van der Waals surface area (Å²) in [5.41, 5.74) is 4.23.